The first kappa shape index (κ1) is 14.5. The van der Waals surface area contributed by atoms with Crippen molar-refractivity contribution in [1.29, 1.82) is 0 Å². The zero-order chi connectivity index (χ0) is 15.0. The Balaban J connectivity index is 2.11. The molecule has 0 saturated carbocycles. The number of furan rings is 1. The molecule has 0 aliphatic rings. The number of hydrogen-bond donors (Lipinski definition) is 2. The van der Waals surface area contributed by atoms with Gasteiger partial charge in [-0.25, -0.2) is 9.82 Å². The average Bonchev–Trinajstić information content (AvgIpc) is 2.87. The van der Waals surface area contributed by atoms with Crippen molar-refractivity contribution in [2.45, 2.75) is 6.04 Å². The van der Waals surface area contributed by atoms with Crippen molar-refractivity contribution in [2.24, 2.45) is 5.84 Å². The van der Waals surface area contributed by atoms with Gasteiger partial charge in [-0.1, -0.05) is 45.7 Å². The lowest BCUT2D eigenvalue weighted by atomic mass is 10.0. The minimum atomic E-state index is -0.413. The maximum atomic E-state index is 13.2. The van der Waals surface area contributed by atoms with Crippen molar-refractivity contribution >= 4 is 38.5 Å². The van der Waals surface area contributed by atoms with Crippen molar-refractivity contribution < 1.29 is 8.81 Å². The summed E-state index contributed by atoms with van der Waals surface area (Å²) in [5.41, 5.74) is 4.06. The molecule has 21 heavy (non-hydrogen) atoms. The second-order valence-corrected chi connectivity index (χ2v) is 5.83. The number of hydrogen-bond acceptors (Lipinski definition) is 3. The van der Waals surface area contributed by atoms with E-state index in [1.807, 2.05) is 18.2 Å². The third-order valence-corrected chi connectivity index (χ3v) is 4.22. The van der Waals surface area contributed by atoms with Crippen molar-refractivity contribution in [3.63, 3.8) is 0 Å². The highest BCUT2D eigenvalue weighted by atomic mass is 79.9. The molecule has 3 rings (SSSR count). The predicted molar refractivity (Wildman–Crippen MR) is 84.5 cm³/mol. The van der Waals surface area contributed by atoms with Crippen LogP contribution in [0.3, 0.4) is 0 Å². The highest BCUT2D eigenvalue weighted by Crippen LogP contribution is 2.34. The molecule has 0 fully saturated rings. The Kier molecular flexibility index (Phi) is 3.99. The summed E-state index contributed by atoms with van der Waals surface area (Å²) >= 11 is 9.45. The van der Waals surface area contributed by atoms with Crippen LogP contribution in [-0.4, -0.2) is 0 Å². The third-order valence-electron chi connectivity index (χ3n) is 3.24. The van der Waals surface area contributed by atoms with Gasteiger partial charge in [-0.3, -0.25) is 5.84 Å². The van der Waals surface area contributed by atoms with Crippen molar-refractivity contribution in [2.75, 3.05) is 0 Å². The minimum Gasteiger partial charge on any atom is -0.457 e. The van der Waals surface area contributed by atoms with Crippen LogP contribution in [0.4, 0.5) is 4.39 Å². The molecule has 1 aromatic heterocycles. The van der Waals surface area contributed by atoms with Crippen LogP contribution in [0.2, 0.25) is 5.02 Å². The van der Waals surface area contributed by atoms with Gasteiger partial charge in [0.1, 0.15) is 17.6 Å². The molecule has 0 aliphatic carbocycles. The molecule has 1 heterocycles. The fraction of sp³-hybridized carbons (Fsp3) is 0.0667. The Hall–Kier alpha value is -1.40. The summed E-state index contributed by atoms with van der Waals surface area (Å²) in [6.45, 7) is 0. The van der Waals surface area contributed by atoms with Crippen molar-refractivity contribution in [3.05, 3.63) is 69.1 Å². The van der Waals surface area contributed by atoms with Gasteiger partial charge in [-0.2, -0.15) is 0 Å². The molecule has 2 aromatic carbocycles. The Labute approximate surface area is 134 Å². The molecule has 0 amide bonds. The van der Waals surface area contributed by atoms with Crippen LogP contribution in [0.1, 0.15) is 17.4 Å². The summed E-state index contributed by atoms with van der Waals surface area (Å²) in [4.78, 5) is 0. The molecule has 0 radical (unpaired) electrons. The number of hydrazine groups is 1. The minimum absolute atomic E-state index is 0.325. The molecule has 3 aromatic rings. The van der Waals surface area contributed by atoms with Crippen LogP contribution in [0, 0.1) is 5.82 Å². The number of fused-ring (bicyclic) bond motifs is 1. The van der Waals surface area contributed by atoms with Gasteiger partial charge < -0.3 is 4.42 Å². The van der Waals surface area contributed by atoms with Gasteiger partial charge in [0.2, 0.25) is 0 Å². The summed E-state index contributed by atoms with van der Waals surface area (Å²) in [5, 5.41) is 1.42. The molecule has 108 valence electrons. The Bertz CT molecular complexity index is 805. The first-order chi connectivity index (χ1) is 10.1. The van der Waals surface area contributed by atoms with E-state index in [0.29, 0.717) is 20.8 Å². The van der Waals surface area contributed by atoms with Crippen LogP contribution in [-0.2, 0) is 0 Å². The monoisotopic (exact) mass is 368 g/mol. The van der Waals surface area contributed by atoms with E-state index in [1.165, 1.54) is 12.1 Å². The fourth-order valence-corrected chi connectivity index (χ4v) is 3.05. The molecule has 0 spiro atoms. The van der Waals surface area contributed by atoms with Crippen LogP contribution in [0.25, 0.3) is 11.0 Å². The maximum Gasteiger partial charge on any atom is 0.152 e. The molecule has 3 N–H and O–H groups in total. The Morgan fingerprint density at radius 1 is 1.24 bits per heavy atom. The quantitative estimate of drug-likeness (QED) is 0.526. The van der Waals surface area contributed by atoms with Crippen LogP contribution >= 0.6 is 27.5 Å². The number of benzene rings is 2. The number of rotatable bonds is 3. The van der Waals surface area contributed by atoms with Gasteiger partial charge in [-0.15, -0.1) is 0 Å². The van der Waals surface area contributed by atoms with Gasteiger partial charge >= 0.3 is 0 Å². The Morgan fingerprint density at radius 3 is 2.71 bits per heavy atom. The van der Waals surface area contributed by atoms with Gasteiger partial charge in [0.15, 0.2) is 5.58 Å². The van der Waals surface area contributed by atoms with Crippen LogP contribution in [0.5, 0.6) is 0 Å². The molecule has 1 unspecified atom stereocenters. The largest absolute Gasteiger partial charge is 0.457 e. The zero-order valence-electron chi connectivity index (χ0n) is 10.7. The van der Waals surface area contributed by atoms with Gasteiger partial charge in [0.25, 0.3) is 0 Å². The van der Waals surface area contributed by atoms with E-state index in [4.69, 9.17) is 21.9 Å². The molecular weight excluding hydrogens is 359 g/mol. The number of para-hydroxylation sites is 1. The standard InChI is InChI=1S/C15H11BrClFN2O/c16-11-7-9(18)4-5-10(11)14(20-19)13-6-8-2-1-3-12(17)15(8)21-13/h1-7,14,20H,19H2. The molecule has 0 aliphatic heterocycles. The van der Waals surface area contributed by atoms with E-state index in [2.05, 4.69) is 21.4 Å². The normalized spacial score (nSPS) is 12.8. The molecule has 3 nitrogen and oxygen atoms in total. The summed E-state index contributed by atoms with van der Waals surface area (Å²) in [6, 6.07) is 11.4. The molecular formula is C15H11BrClFN2O. The van der Waals surface area contributed by atoms with E-state index in [0.717, 1.165) is 10.9 Å². The number of halogens is 3. The van der Waals surface area contributed by atoms with Crippen molar-refractivity contribution in [3.8, 4) is 0 Å². The zero-order valence-corrected chi connectivity index (χ0v) is 13.1. The number of nitrogens with two attached hydrogens (primary N) is 1. The van der Waals surface area contributed by atoms with Crippen molar-refractivity contribution in [1.82, 2.24) is 5.43 Å². The highest BCUT2D eigenvalue weighted by Gasteiger charge is 2.20. The molecule has 0 bridgehead atoms. The fourth-order valence-electron chi connectivity index (χ4n) is 2.25. The van der Waals surface area contributed by atoms with Crippen LogP contribution < -0.4 is 11.3 Å². The smallest absolute Gasteiger partial charge is 0.152 e. The molecule has 1 atom stereocenters. The predicted octanol–water partition coefficient (Wildman–Crippen LogP) is 4.54. The second kappa shape index (κ2) is 5.77. The van der Waals surface area contributed by atoms with E-state index in [9.17, 15) is 4.39 Å². The topological polar surface area (TPSA) is 51.2 Å². The van der Waals surface area contributed by atoms with Gasteiger partial charge in [0.05, 0.1) is 5.02 Å². The van der Waals surface area contributed by atoms with E-state index in [1.54, 1.807) is 12.1 Å². The van der Waals surface area contributed by atoms with Crippen LogP contribution in [0.15, 0.2) is 51.4 Å². The average molecular weight is 370 g/mol. The van der Waals surface area contributed by atoms with Gasteiger partial charge in [0, 0.05) is 9.86 Å². The lowest BCUT2D eigenvalue weighted by Gasteiger charge is -2.15. The second-order valence-electron chi connectivity index (χ2n) is 4.57. The number of nitrogens with one attached hydrogen (secondary N) is 1. The first-order valence-electron chi connectivity index (χ1n) is 6.19. The van der Waals surface area contributed by atoms with E-state index < -0.39 is 6.04 Å². The maximum absolute atomic E-state index is 13.2. The summed E-state index contributed by atoms with van der Waals surface area (Å²) < 4.78 is 19.6. The lowest BCUT2D eigenvalue weighted by Crippen LogP contribution is -2.28. The van der Waals surface area contributed by atoms with Gasteiger partial charge in [-0.05, 0) is 29.8 Å². The molecule has 6 heteroatoms. The lowest BCUT2D eigenvalue weighted by molar-refractivity contribution is 0.476. The SMILES string of the molecule is NNC(c1cc2cccc(Cl)c2o1)c1ccc(F)cc1Br. The Morgan fingerprint density at radius 2 is 2.05 bits per heavy atom. The molecule has 0 saturated heterocycles. The van der Waals surface area contributed by atoms with E-state index >= 15 is 0 Å². The summed E-state index contributed by atoms with van der Waals surface area (Å²) in [7, 11) is 0. The third kappa shape index (κ3) is 2.70. The summed E-state index contributed by atoms with van der Waals surface area (Å²) in [5.74, 6) is 5.93. The summed E-state index contributed by atoms with van der Waals surface area (Å²) in [6.07, 6.45) is 0. The highest BCUT2D eigenvalue weighted by molar-refractivity contribution is 9.10. The van der Waals surface area contributed by atoms with E-state index in [-0.39, 0.29) is 5.82 Å². The first-order valence-corrected chi connectivity index (χ1v) is 7.36.